The minimum atomic E-state index is -3.22. The van der Waals surface area contributed by atoms with Gasteiger partial charge < -0.3 is 4.57 Å². The number of benzene rings is 9. The van der Waals surface area contributed by atoms with Crippen LogP contribution < -0.4 is 15.9 Å². The molecule has 1 aliphatic heterocycles. The number of hydrogen-bond acceptors (Lipinski definition) is 2. The van der Waals surface area contributed by atoms with Crippen LogP contribution in [0.3, 0.4) is 0 Å². The molecule has 284 valence electrons. The fourth-order valence-corrected chi connectivity index (χ4v) is 15.1. The number of para-hydroxylation sites is 2. The van der Waals surface area contributed by atoms with E-state index < -0.39 is 18.0 Å². The highest BCUT2D eigenvalue weighted by Crippen LogP contribution is 2.67. The number of nitrogens with zero attached hydrogens (tertiary/aromatic N) is 2. The Hall–Kier alpha value is -7.32. The van der Waals surface area contributed by atoms with E-state index in [0.29, 0.717) is 0 Å². The molecule has 14 rings (SSSR count). The van der Waals surface area contributed by atoms with E-state index >= 15 is 4.57 Å². The van der Waals surface area contributed by atoms with Crippen LogP contribution in [0.15, 0.2) is 212 Å². The molecule has 0 bridgehead atoms. The minimum Gasteiger partial charge on any atom is -0.308 e. The number of rotatable bonds is 2. The van der Waals surface area contributed by atoms with Crippen molar-refractivity contribution >= 4 is 34.1 Å². The molecule has 1 unspecified atom stereocenters. The number of hydrogen-bond donors (Lipinski definition) is 0. The van der Waals surface area contributed by atoms with Gasteiger partial charge in [-0.05, 0) is 97.1 Å². The van der Waals surface area contributed by atoms with Crippen LogP contribution in [-0.2, 0) is 15.4 Å². The molecule has 4 aliphatic rings. The summed E-state index contributed by atoms with van der Waals surface area (Å²) in [5, 5.41) is 2.50. The SMILES string of the molecule is O=P1(c2ccccc2)c2ccccc2-n2c(-c3ccc4c(c3)C3(c5ccccc5-4)c4ccccc4C4(c5ccccc5-c5ccccc54)c4ccccc43)nc3cccc1c32. The van der Waals surface area contributed by atoms with Gasteiger partial charge in [0.05, 0.1) is 27.6 Å². The molecule has 9 aromatic carbocycles. The second-order valence-electron chi connectivity index (χ2n) is 16.8. The fraction of sp³-hybridized carbons (Fsp3) is 0.0351. The molecule has 0 fully saturated rings. The third-order valence-corrected chi connectivity index (χ3v) is 17.4. The van der Waals surface area contributed by atoms with E-state index in [4.69, 9.17) is 4.98 Å². The Bertz CT molecular complexity index is 3500. The van der Waals surface area contributed by atoms with Gasteiger partial charge in [0.2, 0.25) is 0 Å². The zero-order valence-electron chi connectivity index (χ0n) is 33.0. The Morgan fingerprint density at radius 2 is 0.852 bits per heavy atom. The van der Waals surface area contributed by atoms with Crippen molar-refractivity contribution in [1.82, 2.24) is 9.55 Å². The summed E-state index contributed by atoms with van der Waals surface area (Å²) in [5.74, 6) is 0.843. The van der Waals surface area contributed by atoms with Gasteiger partial charge in [-0.1, -0.05) is 182 Å². The topological polar surface area (TPSA) is 34.9 Å². The zero-order valence-corrected chi connectivity index (χ0v) is 33.9. The highest BCUT2D eigenvalue weighted by molar-refractivity contribution is 7.86. The largest absolute Gasteiger partial charge is 0.308 e. The smallest absolute Gasteiger partial charge is 0.175 e. The van der Waals surface area contributed by atoms with E-state index in [9.17, 15) is 0 Å². The van der Waals surface area contributed by atoms with Crippen molar-refractivity contribution in [2.75, 3.05) is 0 Å². The van der Waals surface area contributed by atoms with Crippen molar-refractivity contribution < 1.29 is 4.57 Å². The molecule has 61 heavy (non-hydrogen) atoms. The number of imidazole rings is 1. The van der Waals surface area contributed by atoms with E-state index in [-0.39, 0.29) is 0 Å². The lowest BCUT2D eigenvalue weighted by molar-refractivity contribution is 0.592. The first kappa shape index (κ1) is 33.5. The third-order valence-electron chi connectivity index (χ3n) is 14.3. The molecule has 0 saturated carbocycles. The lowest BCUT2D eigenvalue weighted by Crippen LogP contribution is -2.43. The van der Waals surface area contributed by atoms with Crippen molar-refractivity contribution in [1.29, 1.82) is 0 Å². The van der Waals surface area contributed by atoms with E-state index in [1.54, 1.807) is 0 Å². The van der Waals surface area contributed by atoms with Gasteiger partial charge in [-0.15, -0.1) is 0 Å². The maximum Gasteiger partial charge on any atom is 0.175 e. The van der Waals surface area contributed by atoms with Crippen LogP contribution in [0.25, 0.3) is 50.4 Å². The van der Waals surface area contributed by atoms with Crippen molar-refractivity contribution in [3.05, 3.63) is 257 Å². The van der Waals surface area contributed by atoms with Gasteiger partial charge in [-0.25, -0.2) is 4.98 Å². The highest BCUT2D eigenvalue weighted by Gasteiger charge is 2.59. The number of fused-ring (bicyclic) bond motifs is 18. The van der Waals surface area contributed by atoms with Crippen LogP contribution >= 0.6 is 7.14 Å². The van der Waals surface area contributed by atoms with Crippen LogP contribution in [0.1, 0.15) is 44.5 Å². The molecule has 2 heterocycles. The first-order valence-corrected chi connectivity index (χ1v) is 22.8. The predicted molar refractivity (Wildman–Crippen MR) is 248 cm³/mol. The summed E-state index contributed by atoms with van der Waals surface area (Å²) in [5.41, 5.74) is 18.1. The maximum atomic E-state index is 15.7. The lowest BCUT2D eigenvalue weighted by Gasteiger charge is -2.48. The number of aromatic nitrogens is 2. The molecule has 3 nitrogen and oxygen atoms in total. The molecular weight excluding hydrogens is 760 g/mol. The van der Waals surface area contributed by atoms with E-state index in [0.717, 1.165) is 44.0 Å². The second-order valence-corrected chi connectivity index (χ2v) is 19.5. The molecular formula is C57H35N2OP. The summed E-state index contributed by atoms with van der Waals surface area (Å²) >= 11 is 0. The first-order valence-electron chi connectivity index (χ1n) is 21.1. The van der Waals surface area contributed by atoms with Crippen LogP contribution in [0.2, 0.25) is 0 Å². The molecule has 3 aliphatic carbocycles. The summed E-state index contributed by atoms with van der Waals surface area (Å²) in [6.45, 7) is 0. The van der Waals surface area contributed by atoms with Gasteiger partial charge in [0.1, 0.15) is 5.82 Å². The van der Waals surface area contributed by atoms with Crippen LogP contribution in [0.5, 0.6) is 0 Å². The van der Waals surface area contributed by atoms with Gasteiger partial charge in [-0.3, -0.25) is 4.57 Å². The van der Waals surface area contributed by atoms with Gasteiger partial charge in [-0.2, -0.15) is 0 Å². The Morgan fingerprint density at radius 1 is 0.393 bits per heavy atom. The Balaban J connectivity index is 1.08. The van der Waals surface area contributed by atoms with E-state index in [1.807, 2.05) is 54.6 Å². The van der Waals surface area contributed by atoms with Crippen LogP contribution in [0, 0.1) is 0 Å². The monoisotopic (exact) mass is 794 g/mol. The molecule has 0 amide bonds. The van der Waals surface area contributed by atoms with Crippen LogP contribution in [-0.4, -0.2) is 9.55 Å². The quantitative estimate of drug-likeness (QED) is 0.163. The third kappa shape index (κ3) is 3.84. The fourth-order valence-electron chi connectivity index (χ4n) is 12.1. The minimum absolute atomic E-state index is 0.501. The molecule has 4 heteroatoms. The van der Waals surface area contributed by atoms with Gasteiger partial charge in [0.25, 0.3) is 0 Å². The Morgan fingerprint density at radius 3 is 1.44 bits per heavy atom. The first-order chi connectivity index (χ1) is 30.2. The Labute approximate surface area is 353 Å². The predicted octanol–water partition coefficient (Wildman–Crippen LogP) is 11.7. The summed E-state index contributed by atoms with van der Waals surface area (Å²) in [4.78, 5) is 5.46. The summed E-state index contributed by atoms with van der Waals surface area (Å²) in [6, 6.07) is 76.9. The summed E-state index contributed by atoms with van der Waals surface area (Å²) in [6.07, 6.45) is 0. The Kier molecular flexibility index (Phi) is 6.42. The van der Waals surface area contributed by atoms with Gasteiger partial charge in [0, 0.05) is 21.5 Å². The molecule has 0 N–H and O–H groups in total. The van der Waals surface area contributed by atoms with Crippen molar-refractivity contribution in [3.8, 4) is 39.3 Å². The van der Waals surface area contributed by atoms with Crippen LogP contribution in [0.4, 0.5) is 0 Å². The molecule has 1 aromatic heterocycles. The molecule has 1 atom stereocenters. The van der Waals surface area contributed by atoms with E-state index in [1.165, 1.54) is 66.8 Å². The van der Waals surface area contributed by atoms with Crippen molar-refractivity contribution in [2.45, 2.75) is 10.8 Å². The molecule has 0 radical (unpaired) electrons. The normalized spacial score (nSPS) is 17.2. The summed E-state index contributed by atoms with van der Waals surface area (Å²) < 4.78 is 18.0. The van der Waals surface area contributed by atoms with Crippen molar-refractivity contribution in [3.63, 3.8) is 0 Å². The molecule has 2 spiro atoms. The maximum absolute atomic E-state index is 15.7. The van der Waals surface area contributed by atoms with E-state index in [2.05, 4.69) is 162 Å². The van der Waals surface area contributed by atoms with Gasteiger partial charge in [0.15, 0.2) is 7.14 Å². The molecule has 10 aromatic rings. The summed E-state index contributed by atoms with van der Waals surface area (Å²) in [7, 11) is -3.22. The zero-order chi connectivity index (χ0) is 40.1. The average Bonchev–Trinajstić information content (AvgIpc) is 3.96. The highest BCUT2D eigenvalue weighted by atomic mass is 31.2. The average molecular weight is 795 g/mol. The standard InChI is InChI=1S/C57H35N2OP/c60-61(37-17-2-1-3-18-37)52-31-15-14-30-51(52)59-54-50(29-16-32-53(54)61)58-55(59)36-33-34-41-40-21-6-9-24-44(40)57(49(41)35-36)47-27-12-10-25-45(47)56(46-26-11-13-28-48(46)57)42-22-7-4-19-38(42)39-20-5-8-23-43(39)56/h1-35H. The second kappa shape index (κ2) is 11.7. The molecule has 0 saturated heterocycles. The van der Waals surface area contributed by atoms with Gasteiger partial charge >= 0.3 is 0 Å². The van der Waals surface area contributed by atoms with Crippen molar-refractivity contribution in [2.24, 2.45) is 0 Å². The lowest BCUT2D eigenvalue weighted by atomic mass is 9.52.